The molecule has 0 saturated carbocycles. The highest BCUT2D eigenvalue weighted by Gasteiger charge is 2.27. The van der Waals surface area contributed by atoms with E-state index in [2.05, 4.69) is 74.6 Å². The molecule has 0 aliphatic carbocycles. The number of carbonyl (C=O) groups excluding carboxylic acids is 2. The van der Waals surface area contributed by atoms with E-state index in [0.29, 0.717) is 23.9 Å². The van der Waals surface area contributed by atoms with Crippen LogP contribution in [0.1, 0.15) is 322 Å². The van der Waals surface area contributed by atoms with E-state index in [1.54, 1.807) is 0 Å². The first-order valence-electron chi connectivity index (χ1n) is 34.0. The van der Waals surface area contributed by atoms with Crippen LogP contribution in [0, 0.1) is 0 Å². The van der Waals surface area contributed by atoms with Crippen molar-refractivity contribution < 1.29 is 42.1 Å². The number of quaternary nitrogens is 1. The summed E-state index contributed by atoms with van der Waals surface area (Å²) in [6, 6.07) is 0. The summed E-state index contributed by atoms with van der Waals surface area (Å²) in [5.74, 6) is -0.778. The standard InChI is InChI=1S/C70H130NO8P/c1-6-8-10-12-14-16-18-20-22-24-25-26-27-28-29-30-31-32-33-34-35-36-37-38-39-40-41-42-43-44-45-47-49-51-53-55-57-59-61-63-70(73)79-68(67-78-80(74,75)77-65-64-71(3,4)5)66-76-69(72)62-60-58-56-54-52-50-48-46-23-21-19-17-15-13-11-9-7-2/h8,10,14,16,20,22,25-26,28-29,68H,6-7,9,11-13,15,17-19,21,23-24,27,30-67H2,1-5H3/p+1/b10-8-,16-14-,22-20-,26-25-,29-28-. The molecule has 2 unspecified atom stereocenters. The molecule has 80 heavy (non-hydrogen) atoms. The van der Waals surface area contributed by atoms with Crippen molar-refractivity contribution in [2.45, 2.75) is 328 Å². The van der Waals surface area contributed by atoms with E-state index in [4.69, 9.17) is 18.5 Å². The van der Waals surface area contributed by atoms with Gasteiger partial charge in [0.2, 0.25) is 0 Å². The highest BCUT2D eigenvalue weighted by atomic mass is 31.2. The van der Waals surface area contributed by atoms with Crippen molar-refractivity contribution in [3.05, 3.63) is 60.8 Å². The van der Waals surface area contributed by atoms with Crippen LogP contribution in [-0.4, -0.2) is 74.9 Å². The molecule has 0 amide bonds. The summed E-state index contributed by atoms with van der Waals surface area (Å²) in [5.41, 5.74) is 0. The van der Waals surface area contributed by atoms with Crippen LogP contribution in [0.3, 0.4) is 0 Å². The van der Waals surface area contributed by atoms with Gasteiger partial charge in [0, 0.05) is 12.8 Å². The number of unbranched alkanes of at least 4 members (excludes halogenated alkanes) is 39. The molecule has 0 bridgehead atoms. The summed E-state index contributed by atoms with van der Waals surface area (Å²) >= 11 is 0. The third-order valence-corrected chi connectivity index (χ3v) is 16.0. The number of phosphoric acid groups is 1. The predicted octanol–water partition coefficient (Wildman–Crippen LogP) is 21.8. The van der Waals surface area contributed by atoms with Gasteiger partial charge in [0.05, 0.1) is 27.7 Å². The molecule has 0 heterocycles. The fourth-order valence-electron chi connectivity index (χ4n) is 9.87. The second-order valence-corrected chi connectivity index (χ2v) is 25.6. The molecule has 0 aromatic carbocycles. The quantitative estimate of drug-likeness (QED) is 0.0211. The van der Waals surface area contributed by atoms with Crippen molar-refractivity contribution in [3.8, 4) is 0 Å². The highest BCUT2D eigenvalue weighted by Crippen LogP contribution is 2.43. The van der Waals surface area contributed by atoms with Crippen LogP contribution in [-0.2, 0) is 32.7 Å². The molecular formula is C70H131NO8P+. The van der Waals surface area contributed by atoms with Crippen molar-refractivity contribution in [2.75, 3.05) is 47.5 Å². The van der Waals surface area contributed by atoms with Gasteiger partial charge in [-0.3, -0.25) is 18.6 Å². The monoisotopic (exact) mass is 1140 g/mol. The van der Waals surface area contributed by atoms with Gasteiger partial charge in [-0.05, 0) is 57.8 Å². The molecule has 9 nitrogen and oxygen atoms in total. The minimum absolute atomic E-state index is 0.0344. The van der Waals surface area contributed by atoms with Crippen LogP contribution in [0.25, 0.3) is 0 Å². The molecule has 0 spiro atoms. The van der Waals surface area contributed by atoms with Crippen LogP contribution in [0.4, 0.5) is 0 Å². The second-order valence-electron chi connectivity index (χ2n) is 24.2. The maximum atomic E-state index is 12.9. The fourth-order valence-corrected chi connectivity index (χ4v) is 10.6. The third-order valence-electron chi connectivity index (χ3n) is 15.1. The van der Waals surface area contributed by atoms with Crippen molar-refractivity contribution >= 4 is 19.8 Å². The number of allylic oxidation sites excluding steroid dienone is 10. The van der Waals surface area contributed by atoms with E-state index in [0.717, 1.165) is 64.2 Å². The summed E-state index contributed by atoms with van der Waals surface area (Å²) < 4.78 is 34.7. The fraction of sp³-hybridized carbons (Fsp3) is 0.829. The van der Waals surface area contributed by atoms with E-state index >= 15 is 0 Å². The molecule has 1 N–H and O–H groups in total. The number of esters is 2. The first kappa shape index (κ1) is 77.7. The molecule has 0 radical (unpaired) electrons. The van der Waals surface area contributed by atoms with Gasteiger partial charge in [0.15, 0.2) is 6.10 Å². The zero-order chi connectivity index (χ0) is 58.4. The van der Waals surface area contributed by atoms with Crippen LogP contribution >= 0.6 is 7.82 Å². The molecule has 10 heteroatoms. The Morgan fingerprint density at radius 3 is 1.06 bits per heavy atom. The maximum absolute atomic E-state index is 12.9. The first-order valence-corrected chi connectivity index (χ1v) is 35.5. The van der Waals surface area contributed by atoms with E-state index in [1.807, 2.05) is 21.1 Å². The number of likely N-dealkylation sites (N-methyl/N-ethyl adjacent to an activating group) is 1. The van der Waals surface area contributed by atoms with E-state index in [1.165, 1.54) is 225 Å². The van der Waals surface area contributed by atoms with Crippen molar-refractivity contribution in [1.82, 2.24) is 0 Å². The van der Waals surface area contributed by atoms with Crippen LogP contribution in [0.2, 0.25) is 0 Å². The van der Waals surface area contributed by atoms with Gasteiger partial charge in [-0.15, -0.1) is 0 Å². The smallest absolute Gasteiger partial charge is 0.462 e. The van der Waals surface area contributed by atoms with Gasteiger partial charge in [0.1, 0.15) is 19.8 Å². The zero-order valence-corrected chi connectivity index (χ0v) is 54.2. The molecule has 0 saturated heterocycles. The summed E-state index contributed by atoms with van der Waals surface area (Å²) in [6.07, 6.45) is 80.4. The lowest BCUT2D eigenvalue weighted by molar-refractivity contribution is -0.870. The third kappa shape index (κ3) is 64.9. The molecule has 2 atom stereocenters. The molecule has 0 aliphatic heterocycles. The lowest BCUT2D eigenvalue weighted by Gasteiger charge is -2.24. The Labute approximate surface area is 496 Å². The normalized spacial score (nSPS) is 13.5. The average Bonchev–Trinajstić information content (AvgIpc) is 3.42. The number of hydrogen-bond acceptors (Lipinski definition) is 7. The molecule has 0 aromatic rings. The molecule has 0 aromatic heterocycles. The van der Waals surface area contributed by atoms with Crippen LogP contribution in [0.5, 0.6) is 0 Å². The SMILES string of the molecule is CC/C=C\C/C=C\C/C=C\C/C=C\C/C=C\CCCCCCCCCCCCCCCCCCCCCCCCCC(=O)OC(COC(=O)CCCCCCCCCCCCCCCCCCC)COP(=O)(O)OCC[N+](C)(C)C. The average molecular weight is 1150 g/mol. The topological polar surface area (TPSA) is 108 Å². The Hall–Kier alpha value is -2.29. The number of rotatable bonds is 63. The Kier molecular flexibility index (Phi) is 59.5. The largest absolute Gasteiger partial charge is 0.472 e. The number of ether oxygens (including phenoxy) is 2. The van der Waals surface area contributed by atoms with Crippen LogP contribution in [0.15, 0.2) is 60.8 Å². The second kappa shape index (κ2) is 61.3. The van der Waals surface area contributed by atoms with E-state index in [9.17, 15) is 19.0 Å². The predicted molar refractivity (Wildman–Crippen MR) is 344 cm³/mol. The maximum Gasteiger partial charge on any atom is 0.472 e. The van der Waals surface area contributed by atoms with Crippen molar-refractivity contribution in [3.63, 3.8) is 0 Å². The Bertz CT molecular complexity index is 1530. The number of phosphoric ester groups is 1. The lowest BCUT2D eigenvalue weighted by atomic mass is 10.0. The zero-order valence-electron chi connectivity index (χ0n) is 53.3. The molecule has 468 valence electrons. The first-order chi connectivity index (χ1) is 39.0. The Morgan fingerprint density at radius 1 is 0.400 bits per heavy atom. The molecule has 0 aliphatic rings. The minimum atomic E-state index is -4.38. The van der Waals surface area contributed by atoms with Gasteiger partial charge >= 0.3 is 19.8 Å². The number of hydrogen-bond donors (Lipinski definition) is 1. The highest BCUT2D eigenvalue weighted by molar-refractivity contribution is 7.47. The summed E-state index contributed by atoms with van der Waals surface area (Å²) in [5, 5.41) is 0. The number of carbonyl (C=O) groups is 2. The van der Waals surface area contributed by atoms with Crippen molar-refractivity contribution in [2.24, 2.45) is 0 Å². The lowest BCUT2D eigenvalue weighted by Crippen LogP contribution is -2.37. The van der Waals surface area contributed by atoms with E-state index in [-0.39, 0.29) is 25.6 Å². The van der Waals surface area contributed by atoms with Gasteiger partial charge in [-0.1, -0.05) is 312 Å². The molecular weight excluding hydrogens is 1010 g/mol. The van der Waals surface area contributed by atoms with E-state index < -0.39 is 26.5 Å². The number of nitrogens with zero attached hydrogens (tertiary/aromatic N) is 1. The van der Waals surface area contributed by atoms with Gasteiger partial charge in [0.25, 0.3) is 0 Å². The van der Waals surface area contributed by atoms with Gasteiger partial charge in [-0.2, -0.15) is 0 Å². The molecule has 0 fully saturated rings. The summed E-state index contributed by atoms with van der Waals surface area (Å²) in [4.78, 5) is 35.8. The summed E-state index contributed by atoms with van der Waals surface area (Å²) in [7, 11) is 1.49. The molecule has 0 rings (SSSR count). The Balaban J connectivity index is 3.92. The Morgan fingerprint density at radius 2 is 0.713 bits per heavy atom. The minimum Gasteiger partial charge on any atom is -0.462 e. The van der Waals surface area contributed by atoms with Crippen molar-refractivity contribution in [1.29, 1.82) is 0 Å². The van der Waals surface area contributed by atoms with Gasteiger partial charge in [-0.25, -0.2) is 4.57 Å². The van der Waals surface area contributed by atoms with Crippen LogP contribution < -0.4 is 0 Å². The summed E-state index contributed by atoms with van der Waals surface area (Å²) in [6.45, 7) is 4.37. The van der Waals surface area contributed by atoms with Gasteiger partial charge < -0.3 is 18.9 Å².